The number of rotatable bonds is 4. The predicted octanol–water partition coefficient (Wildman–Crippen LogP) is 3.51. The zero-order chi connectivity index (χ0) is 8.91. The van der Waals surface area contributed by atoms with E-state index in [2.05, 4.69) is 13.5 Å². The molecule has 0 amide bonds. The van der Waals surface area contributed by atoms with Crippen molar-refractivity contribution in [3.05, 3.63) is 12.3 Å². The summed E-state index contributed by atoms with van der Waals surface area (Å²) in [7, 11) is 0. The van der Waals surface area contributed by atoms with Gasteiger partial charge in [-0.1, -0.05) is 19.9 Å². The summed E-state index contributed by atoms with van der Waals surface area (Å²) in [5.41, 5.74) is -0.0785. The summed E-state index contributed by atoms with van der Waals surface area (Å²) in [4.78, 5) is 0. The summed E-state index contributed by atoms with van der Waals surface area (Å²) < 4.78 is 5.55. The lowest BCUT2D eigenvalue weighted by atomic mass is 10.2. The molecule has 0 aromatic carbocycles. The summed E-state index contributed by atoms with van der Waals surface area (Å²) in [6.07, 6.45) is 3.37. The molecule has 0 spiro atoms. The van der Waals surface area contributed by atoms with Crippen LogP contribution >= 0.6 is 0 Å². The Hall–Kier alpha value is -0.460. The van der Waals surface area contributed by atoms with Crippen molar-refractivity contribution in [3.63, 3.8) is 0 Å². The van der Waals surface area contributed by atoms with Gasteiger partial charge in [-0.25, -0.2) is 0 Å². The van der Waals surface area contributed by atoms with Crippen LogP contribution in [0.25, 0.3) is 0 Å². The second-order valence-corrected chi connectivity index (χ2v) is 3.86. The van der Waals surface area contributed by atoms with Crippen LogP contribution in [-0.2, 0) is 4.74 Å². The van der Waals surface area contributed by atoms with Crippen LogP contribution in [0.4, 0.5) is 0 Å². The van der Waals surface area contributed by atoms with Crippen molar-refractivity contribution in [2.24, 2.45) is 0 Å². The standard InChI is InChI=1S/C10H20O/c1-6-7-8-9(2)11-10(3,4)5/h2,6-8H2,1,3-5H3. The third kappa shape index (κ3) is 7.44. The molecule has 0 heterocycles. The van der Waals surface area contributed by atoms with Crippen LogP contribution in [0.2, 0.25) is 0 Å². The van der Waals surface area contributed by atoms with Crippen molar-refractivity contribution < 1.29 is 4.74 Å². The highest BCUT2D eigenvalue weighted by molar-refractivity contribution is 4.85. The first kappa shape index (κ1) is 10.5. The van der Waals surface area contributed by atoms with E-state index in [1.165, 1.54) is 12.8 Å². The summed E-state index contributed by atoms with van der Waals surface area (Å²) in [6, 6.07) is 0. The molecular weight excluding hydrogens is 136 g/mol. The summed E-state index contributed by atoms with van der Waals surface area (Å²) in [5, 5.41) is 0. The largest absolute Gasteiger partial charge is 0.493 e. The molecule has 0 N–H and O–H groups in total. The molecule has 0 saturated heterocycles. The monoisotopic (exact) mass is 156 g/mol. The Labute approximate surface area is 70.4 Å². The lowest BCUT2D eigenvalue weighted by Crippen LogP contribution is -2.18. The molecule has 66 valence electrons. The van der Waals surface area contributed by atoms with E-state index in [9.17, 15) is 0 Å². The molecule has 0 aromatic heterocycles. The first-order valence-corrected chi connectivity index (χ1v) is 4.32. The third-order valence-corrected chi connectivity index (χ3v) is 1.26. The second kappa shape index (κ2) is 4.42. The number of unbranched alkanes of at least 4 members (excludes halogenated alkanes) is 1. The smallest absolute Gasteiger partial charge is 0.100 e. The fourth-order valence-electron chi connectivity index (χ4n) is 0.858. The van der Waals surface area contributed by atoms with Gasteiger partial charge in [-0.3, -0.25) is 0 Å². The third-order valence-electron chi connectivity index (χ3n) is 1.26. The topological polar surface area (TPSA) is 9.23 Å². The molecule has 1 heteroatoms. The first-order valence-electron chi connectivity index (χ1n) is 4.32. The SMILES string of the molecule is C=C(CCCC)OC(C)(C)C. The lowest BCUT2D eigenvalue weighted by Gasteiger charge is -2.22. The Morgan fingerprint density at radius 2 is 1.91 bits per heavy atom. The fourth-order valence-corrected chi connectivity index (χ4v) is 0.858. The van der Waals surface area contributed by atoms with Crippen LogP contribution in [-0.4, -0.2) is 5.60 Å². The van der Waals surface area contributed by atoms with Gasteiger partial charge >= 0.3 is 0 Å². The molecule has 0 aliphatic heterocycles. The van der Waals surface area contributed by atoms with Crippen LogP contribution in [0.15, 0.2) is 12.3 Å². The Bertz CT molecular complexity index is 119. The lowest BCUT2D eigenvalue weighted by molar-refractivity contribution is 0.0474. The molecule has 11 heavy (non-hydrogen) atoms. The zero-order valence-electron chi connectivity index (χ0n) is 8.24. The first-order chi connectivity index (χ1) is 4.95. The molecule has 0 atom stereocenters. The van der Waals surface area contributed by atoms with Gasteiger partial charge < -0.3 is 4.74 Å². The molecule has 0 fully saturated rings. The summed E-state index contributed by atoms with van der Waals surface area (Å²) >= 11 is 0. The quantitative estimate of drug-likeness (QED) is 0.566. The van der Waals surface area contributed by atoms with Gasteiger partial charge in [0, 0.05) is 6.42 Å². The van der Waals surface area contributed by atoms with Crippen molar-refractivity contribution in [1.29, 1.82) is 0 Å². The van der Waals surface area contributed by atoms with Crippen molar-refractivity contribution in [2.45, 2.75) is 52.6 Å². The predicted molar refractivity (Wildman–Crippen MR) is 49.5 cm³/mol. The van der Waals surface area contributed by atoms with Gasteiger partial charge in [-0.15, -0.1) is 0 Å². The number of hydrogen-bond donors (Lipinski definition) is 0. The van der Waals surface area contributed by atoms with E-state index in [1.807, 2.05) is 20.8 Å². The Kier molecular flexibility index (Phi) is 4.24. The van der Waals surface area contributed by atoms with E-state index in [4.69, 9.17) is 4.74 Å². The van der Waals surface area contributed by atoms with Crippen LogP contribution in [0.3, 0.4) is 0 Å². The van der Waals surface area contributed by atoms with Crippen LogP contribution in [0.1, 0.15) is 47.0 Å². The minimum absolute atomic E-state index is 0.0785. The molecule has 0 rings (SSSR count). The highest BCUT2D eigenvalue weighted by Gasteiger charge is 2.11. The van der Waals surface area contributed by atoms with Crippen molar-refractivity contribution >= 4 is 0 Å². The van der Waals surface area contributed by atoms with E-state index in [0.29, 0.717) is 0 Å². The minimum Gasteiger partial charge on any atom is -0.493 e. The average molecular weight is 156 g/mol. The second-order valence-electron chi connectivity index (χ2n) is 3.86. The van der Waals surface area contributed by atoms with E-state index in [1.54, 1.807) is 0 Å². The molecular formula is C10H20O. The minimum atomic E-state index is -0.0785. The molecule has 0 unspecified atom stereocenters. The Balaban J connectivity index is 3.53. The van der Waals surface area contributed by atoms with E-state index in [0.717, 1.165) is 12.2 Å². The maximum Gasteiger partial charge on any atom is 0.100 e. The maximum absolute atomic E-state index is 5.55. The summed E-state index contributed by atoms with van der Waals surface area (Å²) in [6.45, 7) is 12.2. The fraction of sp³-hybridized carbons (Fsp3) is 0.800. The average Bonchev–Trinajstić information content (AvgIpc) is 1.79. The Morgan fingerprint density at radius 3 is 2.27 bits per heavy atom. The van der Waals surface area contributed by atoms with Gasteiger partial charge in [0.1, 0.15) is 5.60 Å². The van der Waals surface area contributed by atoms with Crippen LogP contribution in [0, 0.1) is 0 Å². The van der Waals surface area contributed by atoms with Crippen molar-refractivity contribution in [3.8, 4) is 0 Å². The molecule has 0 bridgehead atoms. The highest BCUT2D eigenvalue weighted by Crippen LogP contribution is 2.16. The molecule has 1 nitrogen and oxygen atoms in total. The van der Waals surface area contributed by atoms with Crippen LogP contribution < -0.4 is 0 Å². The van der Waals surface area contributed by atoms with Crippen molar-refractivity contribution in [1.82, 2.24) is 0 Å². The molecule has 0 radical (unpaired) electrons. The number of hydrogen-bond acceptors (Lipinski definition) is 1. The molecule has 0 aromatic rings. The van der Waals surface area contributed by atoms with Gasteiger partial charge in [0.15, 0.2) is 0 Å². The Morgan fingerprint density at radius 1 is 1.36 bits per heavy atom. The molecule has 0 aliphatic rings. The van der Waals surface area contributed by atoms with Crippen molar-refractivity contribution in [2.75, 3.05) is 0 Å². The van der Waals surface area contributed by atoms with Gasteiger partial charge in [0.25, 0.3) is 0 Å². The highest BCUT2D eigenvalue weighted by atomic mass is 16.5. The van der Waals surface area contributed by atoms with Gasteiger partial charge in [-0.2, -0.15) is 0 Å². The van der Waals surface area contributed by atoms with Gasteiger partial charge in [0.05, 0.1) is 5.76 Å². The van der Waals surface area contributed by atoms with Crippen LogP contribution in [0.5, 0.6) is 0 Å². The van der Waals surface area contributed by atoms with Gasteiger partial charge in [-0.05, 0) is 27.2 Å². The van der Waals surface area contributed by atoms with Gasteiger partial charge in [0.2, 0.25) is 0 Å². The normalized spacial score (nSPS) is 11.3. The van der Waals surface area contributed by atoms with E-state index >= 15 is 0 Å². The molecule has 0 aliphatic carbocycles. The molecule has 0 saturated carbocycles. The van der Waals surface area contributed by atoms with E-state index < -0.39 is 0 Å². The summed E-state index contributed by atoms with van der Waals surface area (Å²) in [5.74, 6) is 0.916. The van der Waals surface area contributed by atoms with E-state index in [-0.39, 0.29) is 5.60 Å². The zero-order valence-corrected chi connectivity index (χ0v) is 8.24. The number of allylic oxidation sites excluding steroid dienone is 1. The maximum atomic E-state index is 5.55. The number of ether oxygens (including phenoxy) is 1.